The number of carbonyl (C=O) groups excluding carboxylic acids is 2. The van der Waals surface area contributed by atoms with Gasteiger partial charge in [0.25, 0.3) is 10.0 Å². The van der Waals surface area contributed by atoms with Gasteiger partial charge in [0.15, 0.2) is 5.78 Å². The standard InChI is InChI=1S/C16H14ClNO5S/c1-10(19)11-3-6-13(7-4-11)24(21,22)18-12-5-8-15(17)14(9-12)16(20)23-2/h3-9,18H,1-2H3. The summed E-state index contributed by atoms with van der Waals surface area (Å²) in [6.07, 6.45) is 0. The number of Topliss-reactive ketones (excluding diaryl/α,β-unsaturated/α-hetero) is 1. The van der Waals surface area contributed by atoms with Crippen molar-refractivity contribution in [2.45, 2.75) is 11.8 Å². The Labute approximate surface area is 144 Å². The van der Waals surface area contributed by atoms with Crippen molar-refractivity contribution in [1.82, 2.24) is 0 Å². The van der Waals surface area contributed by atoms with Crippen molar-refractivity contribution in [3.8, 4) is 0 Å². The van der Waals surface area contributed by atoms with Crippen LogP contribution < -0.4 is 4.72 Å². The first-order valence-electron chi connectivity index (χ1n) is 6.76. The summed E-state index contributed by atoms with van der Waals surface area (Å²) in [6, 6.07) is 9.63. The van der Waals surface area contributed by atoms with Crippen molar-refractivity contribution >= 4 is 39.1 Å². The lowest BCUT2D eigenvalue weighted by Crippen LogP contribution is -2.14. The summed E-state index contributed by atoms with van der Waals surface area (Å²) in [6.45, 7) is 1.39. The fraction of sp³-hybridized carbons (Fsp3) is 0.125. The number of carbonyl (C=O) groups is 2. The molecule has 2 aromatic carbocycles. The molecule has 0 amide bonds. The molecule has 6 nitrogen and oxygen atoms in total. The van der Waals surface area contributed by atoms with Crippen molar-refractivity contribution in [2.24, 2.45) is 0 Å². The second-order valence-electron chi connectivity index (χ2n) is 4.87. The lowest BCUT2D eigenvalue weighted by atomic mass is 10.2. The minimum absolute atomic E-state index is 0.0120. The Bertz CT molecular complexity index is 891. The fourth-order valence-electron chi connectivity index (χ4n) is 1.94. The molecule has 0 fully saturated rings. The topological polar surface area (TPSA) is 89.5 Å². The smallest absolute Gasteiger partial charge is 0.339 e. The van der Waals surface area contributed by atoms with Crippen molar-refractivity contribution in [3.05, 3.63) is 58.6 Å². The zero-order valence-electron chi connectivity index (χ0n) is 12.9. The average molecular weight is 368 g/mol. The molecule has 0 unspecified atom stereocenters. The van der Waals surface area contributed by atoms with Crippen molar-refractivity contribution in [3.63, 3.8) is 0 Å². The average Bonchev–Trinajstić information content (AvgIpc) is 2.55. The molecule has 1 N–H and O–H groups in total. The van der Waals surface area contributed by atoms with Crippen molar-refractivity contribution in [1.29, 1.82) is 0 Å². The highest BCUT2D eigenvalue weighted by atomic mass is 35.5. The number of anilines is 1. The summed E-state index contributed by atoms with van der Waals surface area (Å²) in [5, 5.41) is 0.149. The molecule has 0 saturated heterocycles. The largest absolute Gasteiger partial charge is 0.465 e. The molecule has 126 valence electrons. The summed E-state index contributed by atoms with van der Waals surface area (Å²) in [4.78, 5) is 22.8. The van der Waals surface area contributed by atoms with Crippen LogP contribution in [0.2, 0.25) is 5.02 Å². The van der Waals surface area contributed by atoms with E-state index < -0.39 is 16.0 Å². The number of halogens is 1. The quantitative estimate of drug-likeness (QED) is 0.647. The summed E-state index contributed by atoms with van der Waals surface area (Å²) in [5.41, 5.74) is 0.621. The van der Waals surface area contributed by atoms with E-state index in [1.165, 1.54) is 56.5 Å². The van der Waals surface area contributed by atoms with Gasteiger partial charge in [0, 0.05) is 11.3 Å². The second-order valence-corrected chi connectivity index (χ2v) is 6.96. The van der Waals surface area contributed by atoms with E-state index in [1.54, 1.807) is 0 Å². The Balaban J connectivity index is 2.32. The fourth-order valence-corrected chi connectivity index (χ4v) is 3.18. The van der Waals surface area contributed by atoms with Crippen molar-refractivity contribution in [2.75, 3.05) is 11.8 Å². The monoisotopic (exact) mass is 367 g/mol. The van der Waals surface area contributed by atoms with E-state index in [0.717, 1.165) is 0 Å². The van der Waals surface area contributed by atoms with Gasteiger partial charge in [0.05, 0.1) is 22.6 Å². The van der Waals surface area contributed by atoms with Gasteiger partial charge in [-0.15, -0.1) is 0 Å². The normalized spacial score (nSPS) is 11.0. The molecule has 0 bridgehead atoms. The Kier molecular flexibility index (Phi) is 5.26. The van der Waals surface area contributed by atoms with Crippen LogP contribution in [0.3, 0.4) is 0 Å². The number of sulfonamides is 1. The van der Waals surface area contributed by atoms with Gasteiger partial charge in [-0.3, -0.25) is 9.52 Å². The number of nitrogens with one attached hydrogen (secondary N) is 1. The van der Waals surface area contributed by atoms with Gasteiger partial charge in [0.1, 0.15) is 0 Å². The van der Waals surface area contributed by atoms with E-state index >= 15 is 0 Å². The number of esters is 1. The van der Waals surface area contributed by atoms with Crippen LogP contribution >= 0.6 is 11.6 Å². The third-order valence-electron chi connectivity index (χ3n) is 3.20. The van der Waals surface area contributed by atoms with Crippen LogP contribution in [0.15, 0.2) is 47.4 Å². The lowest BCUT2D eigenvalue weighted by molar-refractivity contribution is 0.0601. The Morgan fingerprint density at radius 1 is 1.08 bits per heavy atom. The number of hydrogen-bond acceptors (Lipinski definition) is 5. The van der Waals surface area contributed by atoms with Crippen LogP contribution in [-0.2, 0) is 14.8 Å². The highest BCUT2D eigenvalue weighted by molar-refractivity contribution is 7.92. The number of methoxy groups -OCH3 is 1. The molecule has 0 aromatic heterocycles. The molecule has 2 rings (SSSR count). The number of ketones is 1. The van der Waals surface area contributed by atoms with E-state index in [2.05, 4.69) is 9.46 Å². The molecule has 2 aromatic rings. The number of ether oxygens (including phenoxy) is 1. The second kappa shape index (κ2) is 7.02. The maximum atomic E-state index is 12.4. The minimum Gasteiger partial charge on any atom is -0.465 e. The SMILES string of the molecule is COC(=O)c1cc(NS(=O)(=O)c2ccc(C(C)=O)cc2)ccc1Cl. The molecule has 0 aliphatic rings. The first-order valence-corrected chi connectivity index (χ1v) is 8.62. The van der Waals surface area contributed by atoms with Crippen LogP contribution in [0.1, 0.15) is 27.6 Å². The molecule has 0 aliphatic heterocycles. The van der Waals surface area contributed by atoms with Crippen LogP contribution in [0, 0.1) is 0 Å². The van der Waals surface area contributed by atoms with Gasteiger partial charge in [-0.25, -0.2) is 13.2 Å². The molecule has 8 heteroatoms. The van der Waals surface area contributed by atoms with Crippen LogP contribution in [0.25, 0.3) is 0 Å². The molecule has 24 heavy (non-hydrogen) atoms. The van der Waals surface area contributed by atoms with E-state index in [4.69, 9.17) is 11.6 Å². The van der Waals surface area contributed by atoms with Crippen molar-refractivity contribution < 1.29 is 22.7 Å². The number of hydrogen-bond donors (Lipinski definition) is 1. The Morgan fingerprint density at radius 2 is 1.71 bits per heavy atom. The van der Waals surface area contributed by atoms with E-state index in [1.807, 2.05) is 0 Å². The highest BCUT2D eigenvalue weighted by Gasteiger charge is 2.17. The molecular weight excluding hydrogens is 354 g/mol. The van der Waals surface area contributed by atoms with Crippen LogP contribution in [0.5, 0.6) is 0 Å². The molecular formula is C16H14ClNO5S. The van der Waals surface area contributed by atoms with Gasteiger partial charge < -0.3 is 4.74 Å². The summed E-state index contributed by atoms with van der Waals surface area (Å²) >= 11 is 5.90. The molecule has 0 spiro atoms. The summed E-state index contributed by atoms with van der Waals surface area (Å²) in [7, 11) is -2.67. The van der Waals surface area contributed by atoms with Gasteiger partial charge >= 0.3 is 5.97 Å². The molecule has 0 radical (unpaired) electrons. The van der Waals surface area contributed by atoms with Gasteiger partial charge in [-0.1, -0.05) is 23.7 Å². The zero-order chi connectivity index (χ0) is 17.9. The molecule has 0 atom stereocenters. The molecule has 0 heterocycles. The van der Waals surface area contributed by atoms with Gasteiger partial charge in [-0.05, 0) is 37.3 Å². The first-order chi connectivity index (χ1) is 11.2. The van der Waals surface area contributed by atoms with Crippen LogP contribution in [0.4, 0.5) is 5.69 Å². The first kappa shape index (κ1) is 18.0. The van der Waals surface area contributed by atoms with Gasteiger partial charge in [0.2, 0.25) is 0 Å². The molecule has 0 saturated carbocycles. The summed E-state index contributed by atoms with van der Waals surface area (Å²) < 4.78 is 31.7. The highest BCUT2D eigenvalue weighted by Crippen LogP contribution is 2.23. The summed E-state index contributed by atoms with van der Waals surface area (Å²) in [5.74, 6) is -0.834. The number of rotatable bonds is 5. The maximum Gasteiger partial charge on any atom is 0.339 e. The third kappa shape index (κ3) is 3.93. The van der Waals surface area contributed by atoms with E-state index in [9.17, 15) is 18.0 Å². The number of benzene rings is 2. The lowest BCUT2D eigenvalue weighted by Gasteiger charge is -2.10. The van der Waals surface area contributed by atoms with Crippen LogP contribution in [-0.4, -0.2) is 27.3 Å². The zero-order valence-corrected chi connectivity index (χ0v) is 14.4. The predicted octanol–water partition coefficient (Wildman–Crippen LogP) is 3.13. The third-order valence-corrected chi connectivity index (χ3v) is 4.92. The Hall–Kier alpha value is -2.38. The van der Waals surface area contributed by atoms with E-state index in [-0.39, 0.29) is 27.0 Å². The van der Waals surface area contributed by atoms with E-state index in [0.29, 0.717) is 5.56 Å². The predicted molar refractivity (Wildman–Crippen MR) is 90.0 cm³/mol. The minimum atomic E-state index is -3.87. The Morgan fingerprint density at radius 3 is 2.25 bits per heavy atom. The molecule has 0 aliphatic carbocycles. The maximum absolute atomic E-state index is 12.4. The van der Waals surface area contributed by atoms with Gasteiger partial charge in [-0.2, -0.15) is 0 Å².